The Morgan fingerprint density at radius 3 is 2.80 bits per heavy atom. The molecule has 1 aromatic rings. The smallest absolute Gasteiger partial charge is 0.382 e. The van der Waals surface area contributed by atoms with Crippen molar-refractivity contribution in [2.45, 2.75) is 13.1 Å². The molecule has 6 nitrogen and oxygen atoms in total. The maximum atomic E-state index is 11.8. The standard InChI is InChI=1S/C10H15F3N4O2S/c1-2-15-9-17-7(14)6(20-9)8(18)16-3-4-19-5-10(11,12)13/h2-5,14H2,1H3,(H,15,17)(H,16,18). The minimum Gasteiger partial charge on any atom is -0.382 e. The van der Waals surface area contributed by atoms with Gasteiger partial charge in [0.05, 0.1) is 6.61 Å². The van der Waals surface area contributed by atoms with E-state index in [1.54, 1.807) is 0 Å². The maximum absolute atomic E-state index is 11.8. The molecule has 0 saturated heterocycles. The molecule has 4 N–H and O–H groups in total. The third kappa shape index (κ3) is 5.61. The maximum Gasteiger partial charge on any atom is 0.411 e. The van der Waals surface area contributed by atoms with Gasteiger partial charge in [0, 0.05) is 13.1 Å². The fourth-order valence-electron chi connectivity index (χ4n) is 1.23. The van der Waals surface area contributed by atoms with E-state index in [0.717, 1.165) is 11.3 Å². The number of ether oxygens (including phenoxy) is 1. The van der Waals surface area contributed by atoms with Gasteiger partial charge in [0.15, 0.2) is 5.13 Å². The van der Waals surface area contributed by atoms with Gasteiger partial charge >= 0.3 is 6.18 Å². The lowest BCUT2D eigenvalue weighted by Crippen LogP contribution is -2.28. The van der Waals surface area contributed by atoms with E-state index in [-0.39, 0.29) is 23.8 Å². The summed E-state index contributed by atoms with van der Waals surface area (Å²) in [5.74, 6) is -0.403. The molecule has 0 spiro atoms. The van der Waals surface area contributed by atoms with E-state index in [1.165, 1.54) is 0 Å². The number of hydrogen-bond acceptors (Lipinski definition) is 6. The van der Waals surface area contributed by atoms with Crippen LogP contribution in [0.1, 0.15) is 16.6 Å². The highest BCUT2D eigenvalue weighted by atomic mass is 32.1. The monoisotopic (exact) mass is 312 g/mol. The van der Waals surface area contributed by atoms with E-state index >= 15 is 0 Å². The van der Waals surface area contributed by atoms with Crippen molar-refractivity contribution in [2.24, 2.45) is 0 Å². The van der Waals surface area contributed by atoms with Crippen LogP contribution in [0.3, 0.4) is 0 Å². The molecule has 10 heteroatoms. The number of nitrogens with one attached hydrogen (secondary N) is 2. The second kappa shape index (κ2) is 7.29. The molecule has 0 fully saturated rings. The second-order valence-electron chi connectivity index (χ2n) is 3.69. The fraction of sp³-hybridized carbons (Fsp3) is 0.600. The van der Waals surface area contributed by atoms with Crippen molar-refractivity contribution >= 4 is 28.2 Å². The zero-order valence-corrected chi connectivity index (χ0v) is 11.5. The molecule has 20 heavy (non-hydrogen) atoms. The number of carbonyl (C=O) groups is 1. The number of aromatic nitrogens is 1. The molecule has 0 unspecified atom stereocenters. The minimum absolute atomic E-state index is 0.0389. The van der Waals surface area contributed by atoms with Crippen LogP contribution in [-0.4, -0.2) is 43.4 Å². The van der Waals surface area contributed by atoms with Gasteiger partial charge in [-0.25, -0.2) is 4.98 Å². The Bertz CT molecular complexity index is 450. The van der Waals surface area contributed by atoms with E-state index < -0.39 is 18.7 Å². The van der Waals surface area contributed by atoms with Crippen LogP contribution < -0.4 is 16.4 Å². The molecular formula is C10H15F3N4O2S. The van der Waals surface area contributed by atoms with E-state index in [2.05, 4.69) is 20.4 Å². The normalized spacial score (nSPS) is 11.4. The Hall–Kier alpha value is -1.55. The van der Waals surface area contributed by atoms with Crippen molar-refractivity contribution in [2.75, 3.05) is 37.4 Å². The van der Waals surface area contributed by atoms with Crippen LogP contribution in [0.5, 0.6) is 0 Å². The summed E-state index contributed by atoms with van der Waals surface area (Å²) < 4.78 is 39.7. The Morgan fingerprint density at radius 1 is 1.50 bits per heavy atom. The number of nitrogens with two attached hydrogens (primary N) is 1. The van der Waals surface area contributed by atoms with Gasteiger partial charge in [-0.2, -0.15) is 13.2 Å². The lowest BCUT2D eigenvalue weighted by Gasteiger charge is -2.08. The van der Waals surface area contributed by atoms with Gasteiger partial charge in [-0.1, -0.05) is 11.3 Å². The molecule has 1 aromatic heterocycles. The predicted molar refractivity (Wildman–Crippen MR) is 69.9 cm³/mol. The quantitative estimate of drug-likeness (QED) is 0.663. The summed E-state index contributed by atoms with van der Waals surface area (Å²) in [6.07, 6.45) is -4.37. The number of alkyl halides is 3. The Morgan fingerprint density at radius 2 is 2.20 bits per heavy atom. The summed E-state index contributed by atoms with van der Waals surface area (Å²) in [5.41, 5.74) is 5.58. The molecule has 1 heterocycles. The fourth-order valence-corrected chi connectivity index (χ4v) is 2.10. The number of nitrogens with zero attached hydrogens (tertiary/aromatic N) is 1. The summed E-state index contributed by atoms with van der Waals surface area (Å²) in [6, 6.07) is 0. The van der Waals surface area contributed by atoms with Crippen LogP contribution in [0.4, 0.5) is 24.1 Å². The van der Waals surface area contributed by atoms with Crippen LogP contribution in [0.2, 0.25) is 0 Å². The van der Waals surface area contributed by atoms with Gasteiger partial charge in [-0.15, -0.1) is 0 Å². The number of carbonyl (C=O) groups excluding carboxylic acids is 1. The topological polar surface area (TPSA) is 89.3 Å². The molecule has 0 aliphatic carbocycles. The Labute approximate surface area is 117 Å². The number of nitrogen functional groups attached to an aromatic ring is 1. The van der Waals surface area contributed by atoms with Gasteiger partial charge in [-0.05, 0) is 6.92 Å². The molecule has 0 bridgehead atoms. The summed E-state index contributed by atoms with van der Waals surface area (Å²) in [6.45, 7) is 0.900. The zero-order valence-electron chi connectivity index (χ0n) is 10.7. The van der Waals surface area contributed by atoms with Crippen molar-refractivity contribution in [3.63, 3.8) is 0 Å². The Kier molecular flexibility index (Phi) is 6.02. The highest BCUT2D eigenvalue weighted by molar-refractivity contribution is 7.18. The van der Waals surface area contributed by atoms with Gasteiger partial charge < -0.3 is 21.1 Å². The number of hydrogen-bond donors (Lipinski definition) is 3. The molecule has 0 aliphatic rings. The second-order valence-corrected chi connectivity index (χ2v) is 4.69. The van der Waals surface area contributed by atoms with Crippen LogP contribution >= 0.6 is 11.3 Å². The van der Waals surface area contributed by atoms with Crippen LogP contribution in [-0.2, 0) is 4.74 Å². The van der Waals surface area contributed by atoms with E-state index in [4.69, 9.17) is 5.73 Å². The number of amides is 1. The first-order valence-electron chi connectivity index (χ1n) is 5.76. The summed E-state index contributed by atoms with van der Waals surface area (Å²) in [4.78, 5) is 15.9. The average Bonchev–Trinajstić information content (AvgIpc) is 2.69. The summed E-state index contributed by atoms with van der Waals surface area (Å²) in [7, 11) is 0. The molecule has 0 saturated carbocycles. The number of rotatable bonds is 7. The third-order valence-corrected chi connectivity index (χ3v) is 3.01. The molecule has 1 amide bonds. The van der Waals surface area contributed by atoms with Crippen LogP contribution in [0.15, 0.2) is 0 Å². The first-order chi connectivity index (χ1) is 9.33. The SMILES string of the molecule is CCNc1nc(N)c(C(=O)NCCOCC(F)(F)F)s1. The number of thiazole rings is 1. The van der Waals surface area contributed by atoms with Crippen LogP contribution in [0, 0.1) is 0 Å². The van der Waals surface area contributed by atoms with Crippen molar-refractivity contribution in [3.05, 3.63) is 4.88 Å². The molecule has 0 atom stereocenters. The van der Waals surface area contributed by atoms with Gasteiger partial charge in [0.25, 0.3) is 5.91 Å². The number of halogens is 3. The van der Waals surface area contributed by atoms with Crippen molar-refractivity contribution in [1.82, 2.24) is 10.3 Å². The lowest BCUT2D eigenvalue weighted by atomic mass is 10.4. The van der Waals surface area contributed by atoms with Gasteiger partial charge in [0.2, 0.25) is 0 Å². The summed E-state index contributed by atoms with van der Waals surface area (Å²) >= 11 is 1.08. The highest BCUT2D eigenvalue weighted by Gasteiger charge is 2.27. The third-order valence-electron chi connectivity index (χ3n) is 1.99. The molecule has 0 aliphatic heterocycles. The highest BCUT2D eigenvalue weighted by Crippen LogP contribution is 2.24. The van der Waals surface area contributed by atoms with Gasteiger partial charge in [-0.3, -0.25) is 4.79 Å². The largest absolute Gasteiger partial charge is 0.411 e. The predicted octanol–water partition coefficient (Wildman–Crippen LogP) is 1.47. The van der Waals surface area contributed by atoms with Crippen molar-refractivity contribution in [1.29, 1.82) is 0 Å². The first-order valence-corrected chi connectivity index (χ1v) is 6.58. The first kappa shape index (κ1) is 16.5. The van der Waals surface area contributed by atoms with Crippen molar-refractivity contribution in [3.8, 4) is 0 Å². The van der Waals surface area contributed by atoms with Crippen LogP contribution in [0.25, 0.3) is 0 Å². The van der Waals surface area contributed by atoms with Gasteiger partial charge in [0.1, 0.15) is 17.3 Å². The van der Waals surface area contributed by atoms with E-state index in [1.807, 2.05) is 6.92 Å². The number of anilines is 2. The van der Waals surface area contributed by atoms with E-state index in [9.17, 15) is 18.0 Å². The zero-order chi connectivity index (χ0) is 15.2. The Balaban J connectivity index is 2.36. The molecule has 0 aromatic carbocycles. The molecule has 114 valence electrons. The average molecular weight is 312 g/mol. The van der Waals surface area contributed by atoms with Crippen molar-refractivity contribution < 1.29 is 22.7 Å². The lowest BCUT2D eigenvalue weighted by molar-refractivity contribution is -0.173. The summed E-state index contributed by atoms with van der Waals surface area (Å²) in [5, 5.41) is 5.84. The van der Waals surface area contributed by atoms with E-state index in [0.29, 0.717) is 11.7 Å². The molecule has 0 radical (unpaired) electrons. The molecular weight excluding hydrogens is 297 g/mol. The molecule has 1 rings (SSSR count). The minimum atomic E-state index is -4.37.